The molecule has 0 spiro atoms. The molecular weight excluding hydrogens is 222 g/mol. The van der Waals surface area contributed by atoms with Gasteiger partial charge in [0.05, 0.1) is 10.8 Å². The van der Waals surface area contributed by atoms with E-state index in [0.29, 0.717) is 10.2 Å². The van der Waals surface area contributed by atoms with Crippen molar-refractivity contribution in [1.29, 1.82) is 5.26 Å². The summed E-state index contributed by atoms with van der Waals surface area (Å²) in [6, 6.07) is 2.13. The lowest BCUT2D eigenvalue weighted by Gasteiger charge is -2.02. The highest BCUT2D eigenvalue weighted by Crippen LogP contribution is 2.59. The van der Waals surface area contributed by atoms with Crippen LogP contribution in [-0.2, 0) is 4.79 Å². The van der Waals surface area contributed by atoms with Gasteiger partial charge in [0.25, 0.3) is 0 Å². The van der Waals surface area contributed by atoms with Crippen LogP contribution < -0.4 is 0 Å². The van der Waals surface area contributed by atoms with Crippen LogP contribution in [-0.4, -0.2) is 16.3 Å². The number of allylic oxidation sites excluding steroid dienone is 2. The minimum atomic E-state index is -0.766. The van der Waals surface area contributed by atoms with Crippen molar-refractivity contribution in [3.05, 3.63) is 11.0 Å². The zero-order chi connectivity index (χ0) is 12.5. The van der Waals surface area contributed by atoms with E-state index in [2.05, 4.69) is 6.07 Å². The number of carboxylic acids is 1. The number of carboxylic acid groups (broad SMARTS) is 1. The zero-order valence-electron chi connectivity index (χ0n) is 10.0. The Morgan fingerprint density at radius 1 is 1.56 bits per heavy atom. The highest BCUT2D eigenvalue weighted by Gasteiger charge is 2.61. The summed E-state index contributed by atoms with van der Waals surface area (Å²) in [5, 5.41) is 18.3. The third-order valence-corrected chi connectivity index (χ3v) is 3.93. The van der Waals surface area contributed by atoms with Gasteiger partial charge in [-0.05, 0) is 11.3 Å². The molecule has 1 aliphatic carbocycles. The van der Waals surface area contributed by atoms with Crippen LogP contribution in [0, 0.1) is 28.6 Å². The monoisotopic (exact) mass is 239 g/mol. The summed E-state index contributed by atoms with van der Waals surface area (Å²) in [7, 11) is 0. The molecule has 0 heterocycles. The lowest BCUT2D eigenvalue weighted by Crippen LogP contribution is -2.03. The van der Waals surface area contributed by atoms with Gasteiger partial charge in [0.15, 0.2) is 0 Å². The molecule has 1 saturated carbocycles. The average molecular weight is 239 g/mol. The molecule has 0 radical (unpaired) electrons. The van der Waals surface area contributed by atoms with Crippen molar-refractivity contribution in [1.82, 2.24) is 0 Å². The van der Waals surface area contributed by atoms with Crippen molar-refractivity contribution in [3.8, 4) is 6.07 Å². The van der Waals surface area contributed by atoms with Crippen LogP contribution in [0.3, 0.4) is 0 Å². The number of hydrogen-bond donors (Lipinski definition) is 1. The minimum Gasteiger partial charge on any atom is -0.481 e. The molecule has 1 aliphatic rings. The van der Waals surface area contributed by atoms with E-state index in [1.165, 1.54) is 11.8 Å². The van der Waals surface area contributed by atoms with Crippen LogP contribution in [0.25, 0.3) is 0 Å². The fourth-order valence-corrected chi connectivity index (χ4v) is 2.77. The molecule has 3 nitrogen and oxygen atoms in total. The Bertz CT molecular complexity index is 366. The van der Waals surface area contributed by atoms with Crippen LogP contribution in [0.4, 0.5) is 0 Å². The van der Waals surface area contributed by atoms with Crippen LogP contribution in [0.2, 0.25) is 0 Å². The highest BCUT2D eigenvalue weighted by molar-refractivity contribution is 8.03. The second-order valence-corrected chi connectivity index (χ2v) is 6.59. The topological polar surface area (TPSA) is 61.1 Å². The van der Waals surface area contributed by atoms with Crippen molar-refractivity contribution < 1.29 is 9.90 Å². The first-order chi connectivity index (χ1) is 7.30. The standard InChI is InChI=1S/C12H17NO2S/c1-7(2)16-8(6-13)5-9-10(11(14)15)12(9,3)4/h5,7,9-10H,1-4H3,(H,14,15)/b8-5+/t9?,10-/m0/s1. The summed E-state index contributed by atoms with van der Waals surface area (Å²) < 4.78 is 0. The van der Waals surface area contributed by atoms with E-state index in [0.717, 1.165) is 0 Å². The highest BCUT2D eigenvalue weighted by atomic mass is 32.2. The van der Waals surface area contributed by atoms with Crippen LogP contribution in [0.5, 0.6) is 0 Å². The van der Waals surface area contributed by atoms with Crippen molar-refractivity contribution in [2.75, 3.05) is 0 Å². The summed E-state index contributed by atoms with van der Waals surface area (Å²) in [4.78, 5) is 11.6. The number of hydrogen-bond acceptors (Lipinski definition) is 3. The maximum Gasteiger partial charge on any atom is 0.307 e. The molecule has 4 heteroatoms. The summed E-state index contributed by atoms with van der Waals surface area (Å²) in [6.45, 7) is 7.90. The third-order valence-electron chi connectivity index (χ3n) is 2.98. The Hall–Kier alpha value is -0.950. The predicted molar refractivity (Wildman–Crippen MR) is 64.8 cm³/mol. The quantitative estimate of drug-likeness (QED) is 0.766. The molecule has 0 saturated heterocycles. The van der Waals surface area contributed by atoms with Gasteiger partial charge in [0.2, 0.25) is 0 Å². The van der Waals surface area contributed by atoms with E-state index in [9.17, 15) is 4.79 Å². The van der Waals surface area contributed by atoms with Crippen LogP contribution in [0.1, 0.15) is 27.7 Å². The third kappa shape index (κ3) is 2.59. The van der Waals surface area contributed by atoms with Crippen molar-refractivity contribution in [3.63, 3.8) is 0 Å². The Labute approximate surface area is 101 Å². The molecular formula is C12H17NO2S. The fraction of sp³-hybridized carbons (Fsp3) is 0.667. The van der Waals surface area contributed by atoms with Gasteiger partial charge in [-0.2, -0.15) is 5.26 Å². The maximum absolute atomic E-state index is 11.0. The molecule has 0 amide bonds. The van der Waals surface area contributed by atoms with Crippen molar-refractivity contribution in [2.24, 2.45) is 17.3 Å². The van der Waals surface area contributed by atoms with Gasteiger partial charge in [-0.15, -0.1) is 11.8 Å². The van der Waals surface area contributed by atoms with E-state index in [-0.39, 0.29) is 17.3 Å². The van der Waals surface area contributed by atoms with E-state index in [4.69, 9.17) is 10.4 Å². The fourth-order valence-electron chi connectivity index (χ4n) is 1.98. The molecule has 16 heavy (non-hydrogen) atoms. The zero-order valence-corrected chi connectivity index (χ0v) is 10.8. The lowest BCUT2D eigenvalue weighted by atomic mass is 10.1. The largest absolute Gasteiger partial charge is 0.481 e. The predicted octanol–water partition coefficient (Wildman–Crippen LogP) is 2.89. The molecule has 88 valence electrons. The first-order valence-electron chi connectivity index (χ1n) is 5.32. The smallest absolute Gasteiger partial charge is 0.307 e. The molecule has 0 aromatic heterocycles. The number of rotatable bonds is 4. The normalized spacial score (nSPS) is 27.6. The molecule has 0 aromatic carbocycles. The van der Waals surface area contributed by atoms with Gasteiger partial charge in [0.1, 0.15) is 6.07 Å². The van der Waals surface area contributed by atoms with E-state index >= 15 is 0 Å². The van der Waals surface area contributed by atoms with Gasteiger partial charge in [-0.1, -0.05) is 33.8 Å². The van der Waals surface area contributed by atoms with E-state index in [1.54, 1.807) is 0 Å². The molecule has 2 atom stereocenters. The molecule has 1 N–H and O–H groups in total. The number of nitriles is 1. The Morgan fingerprint density at radius 2 is 2.12 bits per heavy atom. The molecule has 1 rings (SSSR count). The molecule has 0 bridgehead atoms. The average Bonchev–Trinajstić information content (AvgIpc) is 2.66. The Balaban J connectivity index is 2.78. The second-order valence-electron chi connectivity index (χ2n) is 4.97. The van der Waals surface area contributed by atoms with Crippen molar-refractivity contribution >= 4 is 17.7 Å². The minimum absolute atomic E-state index is 0.00843. The summed E-state index contributed by atoms with van der Waals surface area (Å²) in [5.41, 5.74) is -0.217. The first kappa shape index (κ1) is 13.1. The van der Waals surface area contributed by atoms with Crippen LogP contribution in [0.15, 0.2) is 11.0 Å². The van der Waals surface area contributed by atoms with Gasteiger partial charge in [0, 0.05) is 5.25 Å². The SMILES string of the molecule is CC(C)S/C(C#N)=C/C1[C@@H](C(=O)O)C1(C)C. The molecule has 0 aliphatic heterocycles. The first-order valence-corrected chi connectivity index (χ1v) is 6.20. The van der Waals surface area contributed by atoms with Crippen LogP contribution >= 0.6 is 11.8 Å². The number of thioether (sulfide) groups is 1. The van der Waals surface area contributed by atoms with E-state index < -0.39 is 5.97 Å². The van der Waals surface area contributed by atoms with Gasteiger partial charge >= 0.3 is 5.97 Å². The van der Waals surface area contributed by atoms with E-state index in [1.807, 2.05) is 33.8 Å². The molecule has 0 aromatic rings. The van der Waals surface area contributed by atoms with Crippen molar-refractivity contribution in [2.45, 2.75) is 32.9 Å². The lowest BCUT2D eigenvalue weighted by molar-refractivity contribution is -0.139. The molecule has 1 unspecified atom stereocenters. The van der Waals surface area contributed by atoms with Gasteiger partial charge in [-0.3, -0.25) is 4.79 Å². The number of aliphatic carboxylic acids is 1. The van der Waals surface area contributed by atoms with Gasteiger partial charge in [-0.25, -0.2) is 0 Å². The number of nitrogens with zero attached hydrogens (tertiary/aromatic N) is 1. The summed E-state index contributed by atoms with van der Waals surface area (Å²) in [6.07, 6.45) is 1.82. The molecule has 1 fully saturated rings. The summed E-state index contributed by atoms with van der Waals surface area (Å²) >= 11 is 1.49. The maximum atomic E-state index is 11.0. The second kappa shape index (κ2) is 4.50. The summed E-state index contributed by atoms with van der Waals surface area (Å²) in [5.74, 6) is -1.12. The number of carbonyl (C=O) groups is 1. The Morgan fingerprint density at radius 3 is 2.44 bits per heavy atom. The Kier molecular flexibility index (Phi) is 3.69. The van der Waals surface area contributed by atoms with Gasteiger partial charge < -0.3 is 5.11 Å².